The van der Waals surface area contributed by atoms with E-state index in [4.69, 9.17) is 0 Å². The zero-order chi connectivity index (χ0) is 11.1. The maximum absolute atomic E-state index is 11.2. The molecule has 1 rings (SSSR count). The minimum absolute atomic E-state index is 0.268. The van der Waals surface area contributed by atoms with Crippen LogP contribution in [-0.2, 0) is 11.2 Å². The SMILES string of the molecule is CCCCCc1ccc(C(=O)OC)cc1. The lowest BCUT2D eigenvalue weighted by Gasteiger charge is -2.02. The molecule has 1 aromatic rings. The van der Waals surface area contributed by atoms with Crippen LogP contribution >= 0.6 is 0 Å². The summed E-state index contributed by atoms with van der Waals surface area (Å²) >= 11 is 0. The molecule has 0 aliphatic rings. The smallest absolute Gasteiger partial charge is 0.337 e. The van der Waals surface area contributed by atoms with Gasteiger partial charge in [0.1, 0.15) is 0 Å². The van der Waals surface area contributed by atoms with E-state index in [1.165, 1.54) is 31.9 Å². The Balaban J connectivity index is 2.52. The summed E-state index contributed by atoms with van der Waals surface area (Å²) in [6.07, 6.45) is 4.81. The Hall–Kier alpha value is -1.31. The Kier molecular flexibility index (Phi) is 4.88. The molecule has 0 N–H and O–H groups in total. The van der Waals surface area contributed by atoms with E-state index in [1.54, 1.807) is 0 Å². The Bertz CT molecular complexity index is 301. The van der Waals surface area contributed by atoms with E-state index in [0.717, 1.165) is 6.42 Å². The highest BCUT2D eigenvalue weighted by Crippen LogP contribution is 2.09. The summed E-state index contributed by atoms with van der Waals surface area (Å²) in [6, 6.07) is 7.66. The van der Waals surface area contributed by atoms with E-state index in [-0.39, 0.29) is 5.97 Å². The monoisotopic (exact) mass is 206 g/mol. The van der Waals surface area contributed by atoms with E-state index in [2.05, 4.69) is 11.7 Å². The Morgan fingerprint density at radius 2 is 1.87 bits per heavy atom. The van der Waals surface area contributed by atoms with Crippen molar-refractivity contribution in [2.45, 2.75) is 32.6 Å². The molecule has 0 saturated heterocycles. The molecule has 0 aliphatic carbocycles. The number of methoxy groups -OCH3 is 1. The Morgan fingerprint density at radius 3 is 2.40 bits per heavy atom. The topological polar surface area (TPSA) is 26.3 Å². The second kappa shape index (κ2) is 6.23. The summed E-state index contributed by atoms with van der Waals surface area (Å²) in [4.78, 5) is 11.2. The van der Waals surface area contributed by atoms with E-state index < -0.39 is 0 Å². The van der Waals surface area contributed by atoms with Gasteiger partial charge in [0.05, 0.1) is 12.7 Å². The number of esters is 1. The predicted molar refractivity (Wildman–Crippen MR) is 61.0 cm³/mol. The summed E-state index contributed by atoms with van der Waals surface area (Å²) < 4.78 is 4.64. The van der Waals surface area contributed by atoms with Crippen molar-refractivity contribution >= 4 is 5.97 Å². The summed E-state index contributed by atoms with van der Waals surface area (Å²) in [5, 5.41) is 0. The number of aryl methyl sites for hydroxylation is 1. The maximum atomic E-state index is 11.2. The molecular weight excluding hydrogens is 188 g/mol. The minimum atomic E-state index is -0.268. The summed E-state index contributed by atoms with van der Waals surface area (Å²) in [7, 11) is 1.40. The zero-order valence-electron chi connectivity index (χ0n) is 9.45. The summed E-state index contributed by atoms with van der Waals surface area (Å²) in [5.41, 5.74) is 1.91. The third-order valence-corrected chi connectivity index (χ3v) is 2.44. The van der Waals surface area contributed by atoms with Crippen LogP contribution in [0.5, 0.6) is 0 Å². The van der Waals surface area contributed by atoms with Gasteiger partial charge < -0.3 is 4.74 Å². The van der Waals surface area contributed by atoms with Crippen LogP contribution in [0.1, 0.15) is 42.1 Å². The van der Waals surface area contributed by atoms with Gasteiger partial charge in [-0.15, -0.1) is 0 Å². The number of rotatable bonds is 5. The summed E-state index contributed by atoms with van der Waals surface area (Å²) in [5.74, 6) is -0.268. The van der Waals surface area contributed by atoms with Crippen molar-refractivity contribution in [3.05, 3.63) is 35.4 Å². The van der Waals surface area contributed by atoms with Crippen molar-refractivity contribution in [3.63, 3.8) is 0 Å². The first-order valence-corrected chi connectivity index (χ1v) is 5.45. The number of carbonyl (C=O) groups excluding carboxylic acids is 1. The molecule has 0 atom stereocenters. The molecule has 0 spiro atoms. The molecule has 0 radical (unpaired) electrons. The Labute approximate surface area is 91.3 Å². The lowest BCUT2D eigenvalue weighted by atomic mass is 10.1. The number of hydrogen-bond donors (Lipinski definition) is 0. The fourth-order valence-corrected chi connectivity index (χ4v) is 1.50. The zero-order valence-corrected chi connectivity index (χ0v) is 9.45. The number of hydrogen-bond acceptors (Lipinski definition) is 2. The largest absolute Gasteiger partial charge is 0.465 e. The molecule has 0 aliphatic heterocycles. The lowest BCUT2D eigenvalue weighted by Crippen LogP contribution is -2.00. The normalized spacial score (nSPS) is 10.0. The minimum Gasteiger partial charge on any atom is -0.465 e. The third kappa shape index (κ3) is 3.74. The Morgan fingerprint density at radius 1 is 1.20 bits per heavy atom. The number of carbonyl (C=O) groups is 1. The van der Waals surface area contributed by atoms with Gasteiger partial charge in [-0.2, -0.15) is 0 Å². The van der Waals surface area contributed by atoms with Crippen molar-refractivity contribution in [3.8, 4) is 0 Å². The average Bonchev–Trinajstić information content (AvgIpc) is 2.29. The first-order valence-electron chi connectivity index (χ1n) is 5.45. The molecule has 1 aromatic carbocycles. The van der Waals surface area contributed by atoms with Crippen LogP contribution in [0.25, 0.3) is 0 Å². The van der Waals surface area contributed by atoms with E-state index in [1.807, 2.05) is 24.3 Å². The first-order chi connectivity index (χ1) is 7.27. The van der Waals surface area contributed by atoms with Crippen LogP contribution in [0.2, 0.25) is 0 Å². The highest BCUT2D eigenvalue weighted by molar-refractivity contribution is 5.89. The second-order valence-corrected chi connectivity index (χ2v) is 3.65. The molecule has 2 nitrogen and oxygen atoms in total. The first kappa shape index (κ1) is 11.8. The van der Waals surface area contributed by atoms with Gasteiger partial charge in [0.15, 0.2) is 0 Å². The van der Waals surface area contributed by atoms with E-state index in [0.29, 0.717) is 5.56 Å². The highest BCUT2D eigenvalue weighted by Gasteiger charge is 2.03. The molecule has 0 aromatic heterocycles. The second-order valence-electron chi connectivity index (χ2n) is 3.65. The van der Waals surface area contributed by atoms with Gasteiger partial charge in [0, 0.05) is 0 Å². The van der Waals surface area contributed by atoms with Crippen molar-refractivity contribution in [2.24, 2.45) is 0 Å². The quantitative estimate of drug-likeness (QED) is 0.546. The fraction of sp³-hybridized carbons (Fsp3) is 0.462. The molecule has 0 unspecified atom stereocenters. The predicted octanol–water partition coefficient (Wildman–Crippen LogP) is 3.21. The van der Waals surface area contributed by atoms with Gasteiger partial charge in [-0.25, -0.2) is 4.79 Å². The maximum Gasteiger partial charge on any atom is 0.337 e. The molecule has 0 heterocycles. The number of ether oxygens (including phenoxy) is 1. The summed E-state index contributed by atoms with van der Waals surface area (Å²) in [6.45, 7) is 2.19. The standard InChI is InChI=1S/C13H18O2/c1-3-4-5-6-11-7-9-12(10-8-11)13(14)15-2/h7-10H,3-6H2,1-2H3. The number of unbranched alkanes of at least 4 members (excludes halogenated alkanes) is 2. The van der Waals surface area contributed by atoms with Gasteiger partial charge in [0.2, 0.25) is 0 Å². The molecule has 2 heteroatoms. The van der Waals surface area contributed by atoms with Crippen molar-refractivity contribution in [2.75, 3.05) is 7.11 Å². The van der Waals surface area contributed by atoms with Gasteiger partial charge in [0.25, 0.3) is 0 Å². The molecule has 0 saturated carbocycles. The molecular formula is C13H18O2. The van der Waals surface area contributed by atoms with Crippen molar-refractivity contribution in [1.29, 1.82) is 0 Å². The lowest BCUT2D eigenvalue weighted by molar-refractivity contribution is 0.0600. The van der Waals surface area contributed by atoms with Crippen LogP contribution in [0.15, 0.2) is 24.3 Å². The van der Waals surface area contributed by atoms with Crippen LogP contribution in [-0.4, -0.2) is 13.1 Å². The highest BCUT2D eigenvalue weighted by atomic mass is 16.5. The van der Waals surface area contributed by atoms with Crippen LogP contribution < -0.4 is 0 Å². The van der Waals surface area contributed by atoms with Crippen LogP contribution in [0.4, 0.5) is 0 Å². The van der Waals surface area contributed by atoms with Gasteiger partial charge >= 0.3 is 5.97 Å². The molecule has 82 valence electrons. The van der Waals surface area contributed by atoms with Gasteiger partial charge in [-0.05, 0) is 30.5 Å². The molecule has 15 heavy (non-hydrogen) atoms. The van der Waals surface area contributed by atoms with Crippen molar-refractivity contribution < 1.29 is 9.53 Å². The third-order valence-electron chi connectivity index (χ3n) is 2.44. The van der Waals surface area contributed by atoms with Gasteiger partial charge in [-0.1, -0.05) is 31.9 Å². The van der Waals surface area contributed by atoms with Crippen LogP contribution in [0.3, 0.4) is 0 Å². The van der Waals surface area contributed by atoms with Crippen LogP contribution in [0, 0.1) is 0 Å². The van der Waals surface area contributed by atoms with E-state index in [9.17, 15) is 4.79 Å². The number of benzene rings is 1. The fourth-order valence-electron chi connectivity index (χ4n) is 1.50. The van der Waals surface area contributed by atoms with E-state index >= 15 is 0 Å². The van der Waals surface area contributed by atoms with Gasteiger partial charge in [-0.3, -0.25) is 0 Å². The van der Waals surface area contributed by atoms with Crippen molar-refractivity contribution in [1.82, 2.24) is 0 Å². The average molecular weight is 206 g/mol. The molecule has 0 amide bonds. The molecule has 0 fully saturated rings. The molecule has 0 bridgehead atoms.